The molecule has 0 aromatic rings. The first kappa shape index (κ1) is 14.2. The van der Waals surface area contributed by atoms with Gasteiger partial charge in [-0.2, -0.15) is 0 Å². The Hall–Kier alpha value is -0.830. The summed E-state index contributed by atoms with van der Waals surface area (Å²) in [4.78, 5) is 11.2. The Kier molecular flexibility index (Phi) is 7.05. The third-order valence-corrected chi connectivity index (χ3v) is 3.22. The number of nitrogens with one attached hydrogen (secondary N) is 1. The van der Waals surface area contributed by atoms with Gasteiger partial charge in [-0.25, -0.2) is 0 Å². The van der Waals surface area contributed by atoms with Crippen LogP contribution < -0.4 is 5.32 Å². The molecule has 0 heterocycles. The van der Waals surface area contributed by atoms with Crippen LogP contribution in [0.3, 0.4) is 0 Å². The van der Waals surface area contributed by atoms with Gasteiger partial charge in [0.15, 0.2) is 0 Å². The molecule has 15 heavy (non-hydrogen) atoms. The molecule has 0 aliphatic heterocycles. The highest BCUT2D eigenvalue weighted by Gasteiger charge is 2.19. The lowest BCUT2D eigenvalue weighted by atomic mass is 10.3. The molecule has 1 N–H and O–H groups in total. The lowest BCUT2D eigenvalue weighted by Crippen LogP contribution is -2.51. The fourth-order valence-corrected chi connectivity index (χ4v) is 1.77. The van der Waals surface area contributed by atoms with Crippen molar-refractivity contribution in [3.05, 3.63) is 12.2 Å². The molecule has 0 aromatic carbocycles. The largest absolute Gasteiger partial charge is 0.347 e. The number of hydrogen-bond donors (Lipinski definition) is 1. The van der Waals surface area contributed by atoms with Crippen LogP contribution in [0.25, 0.3) is 0 Å². The number of rotatable bonds is 7. The van der Waals surface area contributed by atoms with Gasteiger partial charge in [0, 0.05) is 0 Å². The van der Waals surface area contributed by atoms with Gasteiger partial charge in [0.25, 0.3) is 0 Å². The number of amides is 1. The van der Waals surface area contributed by atoms with Gasteiger partial charge in [0.05, 0.1) is 32.7 Å². The number of carbonyl (C=O) groups excluding carboxylic acids is 1. The molecule has 0 fully saturated rings. The fourth-order valence-electron chi connectivity index (χ4n) is 1.77. The molecular formula is C12H25N2O+. The number of allylic oxidation sites excluding steroid dienone is 1. The zero-order valence-electron chi connectivity index (χ0n) is 10.5. The van der Waals surface area contributed by atoms with Gasteiger partial charge in [-0.15, -0.1) is 0 Å². The SMILES string of the molecule is CC=CC(=O)NCC[N+](CC)(CC)CC. The summed E-state index contributed by atoms with van der Waals surface area (Å²) in [5.41, 5.74) is 0. The van der Waals surface area contributed by atoms with Gasteiger partial charge in [0.1, 0.15) is 0 Å². The predicted octanol–water partition coefficient (Wildman–Crippen LogP) is 1.56. The molecule has 3 heteroatoms. The molecule has 3 nitrogen and oxygen atoms in total. The second-order valence-electron chi connectivity index (χ2n) is 3.80. The second-order valence-corrected chi connectivity index (χ2v) is 3.80. The van der Waals surface area contributed by atoms with Crippen LogP contribution in [0.5, 0.6) is 0 Å². The van der Waals surface area contributed by atoms with E-state index >= 15 is 0 Å². The van der Waals surface area contributed by atoms with E-state index in [0.717, 1.165) is 37.2 Å². The van der Waals surface area contributed by atoms with Crippen molar-refractivity contribution in [1.29, 1.82) is 0 Å². The van der Waals surface area contributed by atoms with Crippen molar-refractivity contribution in [3.63, 3.8) is 0 Å². The van der Waals surface area contributed by atoms with E-state index in [-0.39, 0.29) is 5.91 Å². The van der Waals surface area contributed by atoms with E-state index in [1.165, 1.54) is 0 Å². The Bertz CT molecular complexity index is 199. The van der Waals surface area contributed by atoms with Crippen molar-refractivity contribution in [1.82, 2.24) is 5.32 Å². The van der Waals surface area contributed by atoms with Crippen LogP contribution in [0.1, 0.15) is 27.7 Å². The summed E-state index contributed by atoms with van der Waals surface area (Å²) in [6.07, 6.45) is 3.33. The van der Waals surface area contributed by atoms with Crippen LogP contribution in [-0.2, 0) is 4.79 Å². The molecule has 0 aliphatic rings. The van der Waals surface area contributed by atoms with Gasteiger partial charge < -0.3 is 9.80 Å². The van der Waals surface area contributed by atoms with Crippen molar-refractivity contribution in [2.45, 2.75) is 27.7 Å². The lowest BCUT2D eigenvalue weighted by molar-refractivity contribution is -0.922. The molecular weight excluding hydrogens is 188 g/mol. The summed E-state index contributed by atoms with van der Waals surface area (Å²) < 4.78 is 1.08. The Labute approximate surface area is 93.7 Å². The summed E-state index contributed by atoms with van der Waals surface area (Å²) in [5, 5.41) is 2.90. The minimum atomic E-state index is 0.0129. The molecule has 88 valence electrons. The quantitative estimate of drug-likeness (QED) is 0.504. The molecule has 0 aromatic heterocycles. The summed E-state index contributed by atoms with van der Waals surface area (Å²) >= 11 is 0. The number of carbonyl (C=O) groups is 1. The lowest BCUT2D eigenvalue weighted by Gasteiger charge is -2.35. The normalized spacial score (nSPS) is 12.0. The van der Waals surface area contributed by atoms with Crippen molar-refractivity contribution in [2.24, 2.45) is 0 Å². The third kappa shape index (κ3) is 4.98. The second kappa shape index (κ2) is 7.46. The van der Waals surface area contributed by atoms with Crippen LogP contribution in [-0.4, -0.2) is 43.1 Å². The minimum Gasteiger partial charge on any atom is -0.347 e. The van der Waals surface area contributed by atoms with E-state index in [9.17, 15) is 4.79 Å². The monoisotopic (exact) mass is 213 g/mol. The van der Waals surface area contributed by atoms with Crippen LogP contribution in [0, 0.1) is 0 Å². The Balaban J connectivity index is 3.96. The van der Waals surface area contributed by atoms with Crippen LogP contribution in [0.4, 0.5) is 0 Å². The van der Waals surface area contributed by atoms with E-state index in [4.69, 9.17) is 0 Å². The van der Waals surface area contributed by atoms with E-state index in [0.29, 0.717) is 0 Å². The zero-order chi connectivity index (χ0) is 11.7. The number of nitrogens with zero attached hydrogens (tertiary/aromatic N) is 1. The summed E-state index contributed by atoms with van der Waals surface area (Å²) in [5.74, 6) is 0.0129. The van der Waals surface area contributed by atoms with Crippen LogP contribution >= 0.6 is 0 Å². The fraction of sp³-hybridized carbons (Fsp3) is 0.750. The summed E-state index contributed by atoms with van der Waals surface area (Å²) in [6.45, 7) is 13.7. The van der Waals surface area contributed by atoms with Gasteiger partial charge >= 0.3 is 0 Å². The maximum Gasteiger partial charge on any atom is 0.243 e. The van der Waals surface area contributed by atoms with Gasteiger partial charge in [0.2, 0.25) is 5.91 Å². The highest BCUT2D eigenvalue weighted by molar-refractivity contribution is 5.87. The Morgan fingerprint density at radius 1 is 1.20 bits per heavy atom. The predicted molar refractivity (Wildman–Crippen MR) is 64.6 cm³/mol. The van der Waals surface area contributed by atoms with Gasteiger partial charge in [-0.1, -0.05) is 6.08 Å². The van der Waals surface area contributed by atoms with E-state index in [1.54, 1.807) is 12.2 Å². The Morgan fingerprint density at radius 3 is 2.13 bits per heavy atom. The summed E-state index contributed by atoms with van der Waals surface area (Å²) in [6, 6.07) is 0. The maximum absolute atomic E-state index is 11.2. The van der Waals surface area contributed by atoms with Crippen molar-refractivity contribution in [2.75, 3.05) is 32.7 Å². The van der Waals surface area contributed by atoms with E-state index < -0.39 is 0 Å². The Morgan fingerprint density at radius 2 is 1.73 bits per heavy atom. The number of hydrogen-bond acceptors (Lipinski definition) is 1. The summed E-state index contributed by atoms with van der Waals surface area (Å²) in [7, 11) is 0. The molecule has 0 aliphatic carbocycles. The first-order valence-corrected chi connectivity index (χ1v) is 5.89. The number of quaternary nitrogens is 1. The van der Waals surface area contributed by atoms with Crippen molar-refractivity contribution >= 4 is 5.91 Å². The molecule has 0 saturated carbocycles. The standard InChI is InChI=1S/C12H24N2O/c1-5-9-12(15)13-10-11-14(6-2,7-3)8-4/h5,9H,6-8,10-11H2,1-4H3/p+1. The molecule has 0 atom stereocenters. The van der Waals surface area contributed by atoms with Crippen LogP contribution in [0.2, 0.25) is 0 Å². The molecule has 1 amide bonds. The van der Waals surface area contributed by atoms with Gasteiger partial charge in [-0.3, -0.25) is 4.79 Å². The smallest absolute Gasteiger partial charge is 0.243 e. The topological polar surface area (TPSA) is 29.1 Å². The zero-order valence-corrected chi connectivity index (χ0v) is 10.5. The average Bonchev–Trinajstić information content (AvgIpc) is 2.25. The highest BCUT2D eigenvalue weighted by Crippen LogP contribution is 2.03. The molecule has 0 spiro atoms. The molecule has 0 unspecified atom stereocenters. The van der Waals surface area contributed by atoms with Gasteiger partial charge in [-0.05, 0) is 33.8 Å². The molecule has 0 radical (unpaired) electrons. The maximum atomic E-state index is 11.2. The van der Waals surface area contributed by atoms with E-state index in [2.05, 4.69) is 26.1 Å². The van der Waals surface area contributed by atoms with E-state index in [1.807, 2.05) is 6.92 Å². The highest BCUT2D eigenvalue weighted by atomic mass is 16.1. The molecule has 0 bridgehead atoms. The van der Waals surface area contributed by atoms with Crippen molar-refractivity contribution in [3.8, 4) is 0 Å². The minimum absolute atomic E-state index is 0.0129. The molecule has 0 saturated heterocycles. The first-order chi connectivity index (χ1) is 7.14. The van der Waals surface area contributed by atoms with Crippen molar-refractivity contribution < 1.29 is 9.28 Å². The number of likely N-dealkylation sites (N-methyl/N-ethyl adjacent to an activating group) is 1. The average molecular weight is 213 g/mol. The third-order valence-electron chi connectivity index (χ3n) is 3.22. The van der Waals surface area contributed by atoms with Crippen LogP contribution in [0.15, 0.2) is 12.2 Å². The first-order valence-electron chi connectivity index (χ1n) is 5.89. The molecule has 0 rings (SSSR count).